The van der Waals surface area contributed by atoms with Gasteiger partial charge in [0.05, 0.1) is 17.2 Å². The molecule has 4 rings (SSSR count). The largest absolute Gasteiger partial charge is 0.451 e. The second kappa shape index (κ2) is 9.26. The molecular weight excluding hydrogens is 406 g/mol. The maximum Gasteiger partial charge on any atom is 0.326 e. The van der Waals surface area contributed by atoms with Crippen LogP contribution < -0.4 is 10.9 Å². The number of rotatable bonds is 6. The first-order valence-electron chi connectivity index (χ1n) is 10.1. The van der Waals surface area contributed by atoms with Gasteiger partial charge < -0.3 is 10.1 Å². The molecule has 1 aromatic heterocycles. The zero-order valence-corrected chi connectivity index (χ0v) is 17.4. The molecule has 7 nitrogen and oxygen atoms in total. The molecule has 0 bridgehead atoms. The molecule has 7 heteroatoms. The van der Waals surface area contributed by atoms with Crippen molar-refractivity contribution in [3.8, 4) is 11.1 Å². The van der Waals surface area contributed by atoms with E-state index in [0.29, 0.717) is 16.7 Å². The SMILES string of the molecule is CC(OC(=O)Cn1c(=O)cnc2ccccc21)C(=O)Nc1ccccc1-c1ccccc1. The van der Waals surface area contributed by atoms with E-state index in [9.17, 15) is 14.4 Å². The highest BCUT2D eigenvalue weighted by atomic mass is 16.5. The minimum absolute atomic E-state index is 0.319. The lowest BCUT2D eigenvalue weighted by molar-refractivity contribution is -0.153. The summed E-state index contributed by atoms with van der Waals surface area (Å²) in [5.41, 5.74) is 3.11. The van der Waals surface area contributed by atoms with E-state index in [1.54, 1.807) is 30.3 Å². The van der Waals surface area contributed by atoms with Crippen LogP contribution in [-0.4, -0.2) is 27.5 Å². The monoisotopic (exact) mass is 427 g/mol. The van der Waals surface area contributed by atoms with Crippen molar-refractivity contribution in [3.05, 3.63) is 95.4 Å². The number of hydrogen-bond donors (Lipinski definition) is 1. The molecule has 0 aliphatic rings. The molecule has 1 heterocycles. The highest BCUT2D eigenvalue weighted by molar-refractivity contribution is 5.98. The van der Waals surface area contributed by atoms with E-state index in [1.807, 2.05) is 48.5 Å². The summed E-state index contributed by atoms with van der Waals surface area (Å²) in [6, 6.07) is 24.1. The van der Waals surface area contributed by atoms with Gasteiger partial charge >= 0.3 is 5.97 Å². The quantitative estimate of drug-likeness (QED) is 0.475. The van der Waals surface area contributed by atoms with E-state index in [0.717, 1.165) is 17.3 Å². The number of anilines is 1. The Hall–Kier alpha value is -4.26. The number of nitrogens with zero attached hydrogens (tertiary/aromatic N) is 2. The summed E-state index contributed by atoms with van der Waals surface area (Å²) in [5, 5.41) is 2.82. The van der Waals surface area contributed by atoms with Crippen LogP contribution in [0.2, 0.25) is 0 Å². The number of para-hydroxylation sites is 3. The van der Waals surface area contributed by atoms with Gasteiger partial charge in [-0.3, -0.25) is 19.0 Å². The second-order valence-electron chi connectivity index (χ2n) is 7.20. The Kier molecular flexibility index (Phi) is 6.07. The number of benzene rings is 3. The number of nitrogens with one attached hydrogen (secondary N) is 1. The smallest absolute Gasteiger partial charge is 0.326 e. The normalized spacial score (nSPS) is 11.7. The van der Waals surface area contributed by atoms with Gasteiger partial charge in [0.15, 0.2) is 6.10 Å². The van der Waals surface area contributed by atoms with Gasteiger partial charge in [0.2, 0.25) is 0 Å². The number of fused-ring (bicyclic) bond motifs is 1. The Morgan fingerprint density at radius 2 is 1.66 bits per heavy atom. The Labute approximate surface area is 184 Å². The van der Waals surface area contributed by atoms with E-state index in [4.69, 9.17) is 4.74 Å². The Balaban J connectivity index is 1.46. The van der Waals surface area contributed by atoms with Crippen LogP contribution in [0.3, 0.4) is 0 Å². The average Bonchev–Trinajstić information content (AvgIpc) is 2.82. The van der Waals surface area contributed by atoms with Crippen LogP contribution in [0.25, 0.3) is 22.2 Å². The van der Waals surface area contributed by atoms with Gasteiger partial charge in [0, 0.05) is 11.3 Å². The van der Waals surface area contributed by atoms with Crippen molar-refractivity contribution < 1.29 is 14.3 Å². The third-order valence-corrected chi connectivity index (χ3v) is 4.99. The lowest BCUT2D eigenvalue weighted by Gasteiger charge is -2.16. The third kappa shape index (κ3) is 4.57. The molecule has 0 radical (unpaired) electrons. The topological polar surface area (TPSA) is 90.3 Å². The molecule has 0 fully saturated rings. The number of carbonyl (C=O) groups is 2. The van der Waals surface area contributed by atoms with Crippen molar-refractivity contribution in [3.63, 3.8) is 0 Å². The van der Waals surface area contributed by atoms with Gasteiger partial charge in [-0.2, -0.15) is 0 Å². The number of aromatic nitrogens is 2. The van der Waals surface area contributed by atoms with Crippen LogP contribution >= 0.6 is 0 Å². The van der Waals surface area contributed by atoms with E-state index >= 15 is 0 Å². The van der Waals surface area contributed by atoms with Crippen molar-refractivity contribution in [2.75, 3.05) is 5.32 Å². The Morgan fingerprint density at radius 3 is 2.47 bits per heavy atom. The summed E-state index contributed by atoms with van der Waals surface area (Å²) in [4.78, 5) is 41.5. The summed E-state index contributed by atoms with van der Waals surface area (Å²) < 4.78 is 6.58. The fraction of sp³-hybridized carbons (Fsp3) is 0.120. The Morgan fingerprint density at radius 1 is 0.969 bits per heavy atom. The third-order valence-electron chi connectivity index (χ3n) is 4.99. The number of amides is 1. The standard InChI is InChI=1S/C25H21N3O4/c1-17(25(31)27-20-12-6-5-11-19(20)18-9-3-2-4-10-18)32-24(30)16-28-22-14-8-7-13-21(22)26-15-23(28)29/h2-15,17H,16H2,1H3,(H,27,31). The van der Waals surface area contributed by atoms with Crippen molar-refractivity contribution in [1.29, 1.82) is 0 Å². The first kappa shape index (κ1) is 21.0. The molecule has 160 valence electrons. The van der Waals surface area contributed by atoms with Crippen LogP contribution in [0, 0.1) is 0 Å². The lowest BCUT2D eigenvalue weighted by Crippen LogP contribution is -2.33. The van der Waals surface area contributed by atoms with Crippen molar-refractivity contribution in [2.24, 2.45) is 0 Å². The Bertz CT molecular complexity index is 1330. The minimum atomic E-state index is -1.05. The van der Waals surface area contributed by atoms with Gasteiger partial charge in [-0.15, -0.1) is 0 Å². The average molecular weight is 427 g/mol. The van der Waals surface area contributed by atoms with Crippen molar-refractivity contribution >= 4 is 28.6 Å². The summed E-state index contributed by atoms with van der Waals surface area (Å²) in [7, 11) is 0. The number of carbonyl (C=O) groups excluding carboxylic acids is 2. The number of esters is 1. The van der Waals surface area contributed by atoms with E-state index in [-0.39, 0.29) is 6.54 Å². The molecule has 1 unspecified atom stereocenters. The molecule has 0 saturated carbocycles. The van der Waals surface area contributed by atoms with Crippen molar-refractivity contribution in [2.45, 2.75) is 19.6 Å². The first-order valence-corrected chi connectivity index (χ1v) is 10.1. The van der Waals surface area contributed by atoms with E-state index < -0.39 is 23.5 Å². The van der Waals surface area contributed by atoms with Gasteiger partial charge in [0.25, 0.3) is 11.5 Å². The first-order chi connectivity index (χ1) is 15.5. The zero-order chi connectivity index (χ0) is 22.5. The molecule has 32 heavy (non-hydrogen) atoms. The highest BCUT2D eigenvalue weighted by Gasteiger charge is 2.20. The molecule has 3 aromatic carbocycles. The fourth-order valence-electron chi connectivity index (χ4n) is 3.39. The number of ether oxygens (including phenoxy) is 1. The molecule has 0 spiro atoms. The maximum absolute atomic E-state index is 12.7. The lowest BCUT2D eigenvalue weighted by atomic mass is 10.0. The minimum Gasteiger partial charge on any atom is -0.451 e. The van der Waals surface area contributed by atoms with E-state index in [1.165, 1.54) is 11.5 Å². The molecule has 4 aromatic rings. The molecule has 1 N–H and O–H groups in total. The predicted molar refractivity (Wildman–Crippen MR) is 122 cm³/mol. The zero-order valence-electron chi connectivity index (χ0n) is 17.4. The molecule has 1 amide bonds. The fourth-order valence-corrected chi connectivity index (χ4v) is 3.39. The molecule has 0 saturated heterocycles. The highest BCUT2D eigenvalue weighted by Crippen LogP contribution is 2.27. The van der Waals surface area contributed by atoms with Gasteiger partial charge in [-0.05, 0) is 30.7 Å². The van der Waals surface area contributed by atoms with Gasteiger partial charge in [-0.1, -0.05) is 60.7 Å². The molecule has 1 atom stereocenters. The van der Waals surface area contributed by atoms with Crippen LogP contribution in [-0.2, 0) is 20.9 Å². The second-order valence-corrected chi connectivity index (χ2v) is 7.20. The van der Waals surface area contributed by atoms with Gasteiger partial charge in [-0.25, -0.2) is 4.98 Å². The predicted octanol–water partition coefficient (Wildman–Crippen LogP) is 3.63. The van der Waals surface area contributed by atoms with Crippen LogP contribution in [0.15, 0.2) is 89.9 Å². The van der Waals surface area contributed by atoms with Crippen LogP contribution in [0.5, 0.6) is 0 Å². The van der Waals surface area contributed by atoms with E-state index in [2.05, 4.69) is 10.3 Å². The molecule has 0 aliphatic carbocycles. The summed E-state index contributed by atoms with van der Waals surface area (Å²) >= 11 is 0. The van der Waals surface area contributed by atoms with Gasteiger partial charge in [0.1, 0.15) is 6.54 Å². The van der Waals surface area contributed by atoms with Crippen molar-refractivity contribution in [1.82, 2.24) is 9.55 Å². The molecular formula is C25H21N3O4. The summed E-state index contributed by atoms with van der Waals surface area (Å²) in [5.74, 6) is -1.16. The maximum atomic E-state index is 12.7. The molecule has 0 aliphatic heterocycles. The van der Waals surface area contributed by atoms with Crippen LogP contribution in [0.1, 0.15) is 6.92 Å². The summed E-state index contributed by atoms with van der Waals surface area (Å²) in [6.45, 7) is 1.17. The summed E-state index contributed by atoms with van der Waals surface area (Å²) in [6.07, 6.45) is 0.113. The number of hydrogen-bond acceptors (Lipinski definition) is 5. The van der Waals surface area contributed by atoms with Crippen LogP contribution in [0.4, 0.5) is 5.69 Å².